The third-order valence-electron chi connectivity index (χ3n) is 5.57. The fourth-order valence-corrected chi connectivity index (χ4v) is 4.00. The lowest BCUT2D eigenvalue weighted by atomic mass is 10.1. The van der Waals surface area contributed by atoms with Crippen LogP contribution >= 0.6 is 11.6 Å². The lowest BCUT2D eigenvalue weighted by molar-refractivity contribution is -0.137. The summed E-state index contributed by atoms with van der Waals surface area (Å²) in [7, 11) is 0. The van der Waals surface area contributed by atoms with Gasteiger partial charge >= 0.3 is 6.18 Å². The van der Waals surface area contributed by atoms with Gasteiger partial charge in [0.1, 0.15) is 5.82 Å². The number of pyridine rings is 1. The van der Waals surface area contributed by atoms with Gasteiger partial charge in [-0.05, 0) is 43.7 Å². The van der Waals surface area contributed by atoms with Crippen LogP contribution in [0.5, 0.6) is 0 Å². The number of carbonyl (C=O) groups is 1. The molecule has 1 amide bonds. The van der Waals surface area contributed by atoms with E-state index in [4.69, 9.17) is 11.6 Å². The molecule has 2 aromatic heterocycles. The van der Waals surface area contributed by atoms with Crippen molar-refractivity contribution in [2.75, 3.05) is 31.1 Å². The smallest absolute Gasteiger partial charge is 0.358 e. The number of anilines is 1. The van der Waals surface area contributed by atoms with Gasteiger partial charge in [-0.3, -0.25) is 4.79 Å². The summed E-state index contributed by atoms with van der Waals surface area (Å²) in [5.74, 6) is 0.234. The van der Waals surface area contributed by atoms with Gasteiger partial charge in [0.15, 0.2) is 0 Å². The van der Waals surface area contributed by atoms with Crippen molar-refractivity contribution in [1.29, 1.82) is 0 Å². The summed E-state index contributed by atoms with van der Waals surface area (Å²) in [5, 5.41) is 0.978. The normalized spacial score (nSPS) is 15.1. The number of alkyl halides is 3. The number of carbonyl (C=O) groups excluding carboxylic acids is 1. The number of amides is 1. The van der Waals surface area contributed by atoms with Crippen molar-refractivity contribution >= 4 is 34.2 Å². The van der Waals surface area contributed by atoms with Gasteiger partial charge in [-0.2, -0.15) is 13.2 Å². The van der Waals surface area contributed by atoms with E-state index in [1.165, 1.54) is 0 Å². The highest BCUT2D eigenvalue weighted by atomic mass is 35.5. The van der Waals surface area contributed by atoms with E-state index in [1.807, 2.05) is 26.0 Å². The Kier molecular flexibility index (Phi) is 5.13. The largest absolute Gasteiger partial charge is 0.417 e. The van der Waals surface area contributed by atoms with E-state index in [2.05, 4.69) is 9.97 Å². The molecule has 5 nitrogen and oxygen atoms in total. The van der Waals surface area contributed by atoms with E-state index in [0.29, 0.717) is 37.6 Å². The van der Waals surface area contributed by atoms with Crippen LogP contribution in [0.1, 0.15) is 27.2 Å². The number of nitrogens with one attached hydrogen (secondary N) is 1. The summed E-state index contributed by atoms with van der Waals surface area (Å²) < 4.78 is 38.4. The standard InChI is InChI=1S/C21H20ClF3N4O/c1-12-13(2)27-18-4-3-14(9-16(12)18)20(30)29-7-5-28(6-8-29)19-17(22)10-15(11-26-19)21(23,24)25/h3-4,9-11,27H,5-8H2,1-2H3. The summed E-state index contributed by atoms with van der Waals surface area (Å²) in [6, 6.07) is 6.50. The SMILES string of the molecule is Cc1[nH]c2ccc(C(=O)N3CCN(c4ncc(C(F)(F)F)cc4Cl)CC3)cc2c1C. The van der Waals surface area contributed by atoms with E-state index in [0.717, 1.165) is 34.4 Å². The second-order valence-electron chi connectivity index (χ2n) is 7.44. The molecule has 3 heterocycles. The molecule has 0 saturated carbocycles. The number of nitrogens with zero attached hydrogens (tertiary/aromatic N) is 3. The van der Waals surface area contributed by atoms with Crippen molar-refractivity contribution in [3.05, 3.63) is 57.9 Å². The van der Waals surface area contributed by atoms with Crippen LogP contribution in [-0.2, 0) is 6.18 Å². The van der Waals surface area contributed by atoms with Gasteiger partial charge in [-0.15, -0.1) is 0 Å². The van der Waals surface area contributed by atoms with Crippen LogP contribution in [0.2, 0.25) is 5.02 Å². The van der Waals surface area contributed by atoms with Crippen LogP contribution in [-0.4, -0.2) is 47.0 Å². The Labute approximate surface area is 176 Å². The number of fused-ring (bicyclic) bond motifs is 1. The van der Waals surface area contributed by atoms with Crippen LogP contribution in [0.25, 0.3) is 10.9 Å². The van der Waals surface area contributed by atoms with E-state index in [-0.39, 0.29) is 10.9 Å². The van der Waals surface area contributed by atoms with Gasteiger partial charge in [0, 0.05) is 54.5 Å². The molecular weight excluding hydrogens is 417 g/mol. The zero-order valence-electron chi connectivity index (χ0n) is 16.5. The van der Waals surface area contributed by atoms with Crippen molar-refractivity contribution in [3.63, 3.8) is 0 Å². The average Bonchev–Trinajstić information content (AvgIpc) is 3.00. The number of rotatable bonds is 2. The molecule has 1 saturated heterocycles. The van der Waals surface area contributed by atoms with Gasteiger partial charge in [0.05, 0.1) is 10.6 Å². The van der Waals surface area contributed by atoms with Crippen molar-refractivity contribution in [1.82, 2.24) is 14.9 Å². The first-order valence-electron chi connectivity index (χ1n) is 9.51. The predicted octanol–water partition coefficient (Wildman–Crippen LogP) is 4.81. The van der Waals surface area contributed by atoms with E-state index in [1.54, 1.807) is 15.9 Å². The van der Waals surface area contributed by atoms with Gasteiger partial charge in [0.2, 0.25) is 0 Å². The Morgan fingerprint density at radius 1 is 1.13 bits per heavy atom. The zero-order valence-corrected chi connectivity index (χ0v) is 17.2. The van der Waals surface area contributed by atoms with Crippen molar-refractivity contribution < 1.29 is 18.0 Å². The average molecular weight is 437 g/mol. The Bertz CT molecular complexity index is 1120. The number of hydrogen-bond acceptors (Lipinski definition) is 3. The first kappa shape index (κ1) is 20.5. The number of aromatic nitrogens is 2. The van der Waals surface area contributed by atoms with Crippen LogP contribution in [0.15, 0.2) is 30.5 Å². The maximum atomic E-state index is 13.0. The second kappa shape index (κ2) is 7.50. The van der Waals surface area contributed by atoms with Gasteiger partial charge in [-0.1, -0.05) is 11.6 Å². The predicted molar refractivity (Wildman–Crippen MR) is 110 cm³/mol. The second-order valence-corrected chi connectivity index (χ2v) is 7.85. The summed E-state index contributed by atoms with van der Waals surface area (Å²) in [4.78, 5) is 23.7. The molecule has 158 valence electrons. The molecule has 1 aliphatic heterocycles. The van der Waals surface area contributed by atoms with Crippen molar-refractivity contribution in [2.24, 2.45) is 0 Å². The van der Waals surface area contributed by atoms with Crippen LogP contribution in [0.4, 0.5) is 19.0 Å². The minimum absolute atomic E-state index is 0.0478. The summed E-state index contributed by atoms with van der Waals surface area (Å²) >= 11 is 6.05. The monoisotopic (exact) mass is 436 g/mol. The number of halogens is 4. The van der Waals surface area contributed by atoms with Gasteiger partial charge in [-0.25, -0.2) is 4.98 Å². The molecule has 4 rings (SSSR count). The van der Waals surface area contributed by atoms with Crippen molar-refractivity contribution in [2.45, 2.75) is 20.0 Å². The molecule has 0 atom stereocenters. The Morgan fingerprint density at radius 3 is 2.47 bits per heavy atom. The molecule has 9 heteroatoms. The van der Waals surface area contributed by atoms with Crippen LogP contribution in [0, 0.1) is 13.8 Å². The molecule has 1 aromatic carbocycles. The van der Waals surface area contributed by atoms with E-state index >= 15 is 0 Å². The summed E-state index contributed by atoms with van der Waals surface area (Å²) in [6.07, 6.45) is -3.70. The number of aryl methyl sites for hydroxylation is 2. The number of benzene rings is 1. The molecule has 30 heavy (non-hydrogen) atoms. The Morgan fingerprint density at radius 2 is 1.83 bits per heavy atom. The fourth-order valence-electron chi connectivity index (χ4n) is 3.72. The highest BCUT2D eigenvalue weighted by Crippen LogP contribution is 2.34. The highest BCUT2D eigenvalue weighted by Gasteiger charge is 2.32. The Balaban J connectivity index is 1.47. The molecule has 0 bridgehead atoms. The number of piperazine rings is 1. The molecule has 3 aromatic rings. The van der Waals surface area contributed by atoms with Gasteiger partial charge < -0.3 is 14.8 Å². The lowest BCUT2D eigenvalue weighted by Crippen LogP contribution is -2.49. The summed E-state index contributed by atoms with van der Waals surface area (Å²) in [5.41, 5.74) is 2.92. The minimum atomic E-state index is -4.49. The molecule has 1 fully saturated rings. The maximum Gasteiger partial charge on any atom is 0.417 e. The Hall–Kier alpha value is -2.74. The fraction of sp³-hybridized carbons (Fsp3) is 0.333. The number of aromatic amines is 1. The molecule has 0 spiro atoms. The van der Waals surface area contributed by atoms with E-state index in [9.17, 15) is 18.0 Å². The van der Waals surface area contributed by atoms with Crippen molar-refractivity contribution in [3.8, 4) is 0 Å². The first-order chi connectivity index (χ1) is 14.1. The first-order valence-corrected chi connectivity index (χ1v) is 9.89. The zero-order chi connectivity index (χ0) is 21.6. The molecular formula is C21H20ClF3N4O. The number of hydrogen-bond donors (Lipinski definition) is 1. The molecule has 0 aliphatic carbocycles. The minimum Gasteiger partial charge on any atom is -0.358 e. The molecule has 1 N–H and O–H groups in total. The molecule has 1 aliphatic rings. The van der Waals surface area contributed by atoms with E-state index < -0.39 is 11.7 Å². The highest BCUT2D eigenvalue weighted by molar-refractivity contribution is 6.33. The quantitative estimate of drug-likeness (QED) is 0.627. The third kappa shape index (κ3) is 3.71. The number of H-pyrrole nitrogens is 1. The molecule has 0 radical (unpaired) electrons. The third-order valence-corrected chi connectivity index (χ3v) is 5.85. The van der Waals surface area contributed by atoms with Crippen LogP contribution < -0.4 is 4.90 Å². The molecule has 0 unspecified atom stereocenters. The lowest BCUT2D eigenvalue weighted by Gasteiger charge is -2.35. The maximum absolute atomic E-state index is 13.0. The van der Waals surface area contributed by atoms with Crippen LogP contribution in [0.3, 0.4) is 0 Å². The summed E-state index contributed by atoms with van der Waals surface area (Å²) in [6.45, 7) is 5.75. The topological polar surface area (TPSA) is 52.2 Å². The van der Waals surface area contributed by atoms with Gasteiger partial charge in [0.25, 0.3) is 5.91 Å².